The standard InChI is InChI=1S/C25H29NO7/c1-4-32-20(27)16-19(23(30)33-5-2)21(22(28)29)26-24(31)25(3,17-12-8-6-9-13-17)18-14-10-7-11-15-18/h6-15,19,21H,4-5,16H2,1-3H3,(H,26,31)(H,28,29)/t19-,21+/m1/s1. The van der Waals surface area contributed by atoms with Crippen LogP contribution < -0.4 is 5.32 Å². The fourth-order valence-corrected chi connectivity index (χ4v) is 3.58. The summed E-state index contributed by atoms with van der Waals surface area (Å²) in [6, 6.07) is 16.1. The molecule has 0 radical (unpaired) electrons. The van der Waals surface area contributed by atoms with E-state index in [9.17, 15) is 24.3 Å². The number of ether oxygens (including phenoxy) is 2. The van der Waals surface area contributed by atoms with Gasteiger partial charge in [0.25, 0.3) is 0 Å². The van der Waals surface area contributed by atoms with Crippen LogP contribution in [0.3, 0.4) is 0 Å². The van der Waals surface area contributed by atoms with E-state index in [0.717, 1.165) is 0 Å². The summed E-state index contributed by atoms with van der Waals surface area (Å²) in [7, 11) is 0. The van der Waals surface area contributed by atoms with Gasteiger partial charge >= 0.3 is 17.9 Å². The second-order valence-electron chi connectivity index (χ2n) is 7.51. The molecule has 8 heteroatoms. The smallest absolute Gasteiger partial charge is 0.327 e. The lowest BCUT2D eigenvalue weighted by Gasteiger charge is -2.32. The van der Waals surface area contributed by atoms with E-state index in [-0.39, 0.29) is 13.2 Å². The molecule has 0 fully saturated rings. The number of esters is 2. The van der Waals surface area contributed by atoms with E-state index in [2.05, 4.69) is 5.32 Å². The lowest BCUT2D eigenvalue weighted by molar-refractivity contribution is -0.160. The number of amides is 1. The van der Waals surface area contributed by atoms with Gasteiger partial charge in [0.2, 0.25) is 5.91 Å². The van der Waals surface area contributed by atoms with Crippen molar-refractivity contribution in [2.75, 3.05) is 13.2 Å². The van der Waals surface area contributed by atoms with Gasteiger partial charge in [-0.15, -0.1) is 0 Å². The molecule has 2 rings (SSSR count). The normalized spacial score (nSPS) is 12.8. The maximum Gasteiger partial charge on any atom is 0.327 e. The summed E-state index contributed by atoms with van der Waals surface area (Å²) in [5.74, 6) is -5.22. The Balaban J connectivity index is 2.47. The molecule has 0 aliphatic heterocycles. The van der Waals surface area contributed by atoms with Gasteiger partial charge in [-0.3, -0.25) is 14.4 Å². The lowest BCUT2D eigenvalue weighted by atomic mass is 9.75. The van der Waals surface area contributed by atoms with Crippen LogP contribution >= 0.6 is 0 Å². The largest absolute Gasteiger partial charge is 0.480 e. The number of carbonyl (C=O) groups is 4. The third kappa shape index (κ3) is 6.19. The Labute approximate surface area is 192 Å². The van der Waals surface area contributed by atoms with E-state index in [1.165, 1.54) is 0 Å². The van der Waals surface area contributed by atoms with Crippen molar-refractivity contribution in [2.45, 2.75) is 38.6 Å². The summed E-state index contributed by atoms with van der Waals surface area (Å²) in [5, 5.41) is 12.4. The lowest BCUT2D eigenvalue weighted by Crippen LogP contribution is -2.54. The second-order valence-corrected chi connectivity index (χ2v) is 7.51. The van der Waals surface area contributed by atoms with Crippen molar-refractivity contribution in [3.8, 4) is 0 Å². The Kier molecular flexibility index (Phi) is 9.15. The Morgan fingerprint density at radius 1 is 0.879 bits per heavy atom. The monoisotopic (exact) mass is 455 g/mol. The predicted molar refractivity (Wildman–Crippen MR) is 120 cm³/mol. The molecule has 0 unspecified atom stereocenters. The van der Waals surface area contributed by atoms with Crippen LogP contribution in [0, 0.1) is 5.92 Å². The third-order valence-electron chi connectivity index (χ3n) is 5.39. The number of benzene rings is 2. The zero-order chi connectivity index (χ0) is 24.4. The molecule has 2 N–H and O–H groups in total. The highest BCUT2D eigenvalue weighted by Crippen LogP contribution is 2.32. The van der Waals surface area contributed by atoms with Gasteiger partial charge in [0.05, 0.1) is 31.0 Å². The first-order valence-corrected chi connectivity index (χ1v) is 10.7. The van der Waals surface area contributed by atoms with Crippen molar-refractivity contribution in [1.29, 1.82) is 0 Å². The van der Waals surface area contributed by atoms with Crippen LogP contribution in [-0.4, -0.2) is 48.2 Å². The average Bonchev–Trinajstić information content (AvgIpc) is 2.81. The molecule has 2 aromatic carbocycles. The highest BCUT2D eigenvalue weighted by molar-refractivity contribution is 5.96. The van der Waals surface area contributed by atoms with Crippen LogP contribution in [0.1, 0.15) is 38.3 Å². The molecule has 1 amide bonds. The van der Waals surface area contributed by atoms with Crippen molar-refractivity contribution in [3.05, 3.63) is 71.8 Å². The van der Waals surface area contributed by atoms with E-state index >= 15 is 0 Å². The van der Waals surface area contributed by atoms with Crippen molar-refractivity contribution >= 4 is 23.8 Å². The van der Waals surface area contributed by atoms with Gasteiger partial charge < -0.3 is 19.9 Å². The molecule has 0 spiro atoms. The molecular formula is C25H29NO7. The maximum absolute atomic E-state index is 13.6. The van der Waals surface area contributed by atoms with Crippen LogP contribution in [0.5, 0.6) is 0 Å². The molecule has 0 bridgehead atoms. The Hall–Kier alpha value is -3.68. The fraction of sp³-hybridized carbons (Fsp3) is 0.360. The summed E-state index contributed by atoms with van der Waals surface area (Å²) in [6.45, 7) is 4.90. The minimum absolute atomic E-state index is 0.00973. The van der Waals surface area contributed by atoms with Gasteiger partial charge in [-0.05, 0) is 31.9 Å². The molecule has 0 aromatic heterocycles. The first-order chi connectivity index (χ1) is 15.7. The number of carbonyl (C=O) groups excluding carboxylic acids is 3. The molecule has 0 saturated heterocycles. The third-order valence-corrected chi connectivity index (χ3v) is 5.39. The van der Waals surface area contributed by atoms with E-state index in [1.807, 2.05) is 12.1 Å². The van der Waals surface area contributed by atoms with E-state index < -0.39 is 47.6 Å². The summed E-state index contributed by atoms with van der Waals surface area (Å²) in [4.78, 5) is 50.4. The zero-order valence-electron chi connectivity index (χ0n) is 18.9. The van der Waals surface area contributed by atoms with Crippen LogP contribution in [0.2, 0.25) is 0 Å². The number of nitrogens with one attached hydrogen (secondary N) is 1. The number of hydrogen-bond donors (Lipinski definition) is 2. The average molecular weight is 456 g/mol. The highest BCUT2D eigenvalue weighted by atomic mass is 16.5. The number of carboxylic acid groups (broad SMARTS) is 1. The zero-order valence-corrected chi connectivity index (χ0v) is 18.9. The van der Waals surface area contributed by atoms with E-state index in [1.54, 1.807) is 69.3 Å². The molecule has 2 aromatic rings. The molecule has 0 aliphatic rings. The first kappa shape index (κ1) is 25.6. The Morgan fingerprint density at radius 3 is 1.79 bits per heavy atom. The van der Waals surface area contributed by atoms with Crippen molar-refractivity contribution in [3.63, 3.8) is 0 Å². The van der Waals surface area contributed by atoms with Crippen LogP contribution in [0.15, 0.2) is 60.7 Å². The van der Waals surface area contributed by atoms with Gasteiger partial charge in [0.15, 0.2) is 0 Å². The van der Waals surface area contributed by atoms with Crippen molar-refractivity contribution in [1.82, 2.24) is 5.32 Å². The Morgan fingerprint density at radius 2 is 1.36 bits per heavy atom. The van der Waals surface area contributed by atoms with Crippen LogP contribution in [-0.2, 0) is 34.1 Å². The number of aliphatic carboxylic acids is 1. The van der Waals surface area contributed by atoms with Crippen molar-refractivity contribution in [2.24, 2.45) is 5.92 Å². The summed E-state index contributed by atoms with van der Waals surface area (Å²) in [6.07, 6.45) is -0.544. The molecule has 0 saturated carbocycles. The van der Waals surface area contributed by atoms with Gasteiger partial charge in [-0.25, -0.2) is 4.79 Å². The number of rotatable bonds is 11. The molecule has 33 heavy (non-hydrogen) atoms. The molecular weight excluding hydrogens is 426 g/mol. The predicted octanol–water partition coefficient (Wildman–Crippen LogP) is 2.69. The van der Waals surface area contributed by atoms with Gasteiger partial charge in [0, 0.05) is 0 Å². The Bertz CT molecular complexity index is 920. The maximum atomic E-state index is 13.6. The molecule has 176 valence electrons. The van der Waals surface area contributed by atoms with Gasteiger partial charge in [0.1, 0.15) is 6.04 Å². The second kappa shape index (κ2) is 11.8. The SMILES string of the molecule is CCOC(=O)C[C@@H](C(=O)OCC)[C@H](NC(=O)C(C)(c1ccccc1)c1ccccc1)C(=O)O. The molecule has 8 nitrogen and oxygen atoms in total. The van der Waals surface area contributed by atoms with E-state index in [4.69, 9.17) is 9.47 Å². The fourth-order valence-electron chi connectivity index (χ4n) is 3.58. The minimum Gasteiger partial charge on any atom is -0.480 e. The quantitative estimate of drug-likeness (QED) is 0.500. The summed E-state index contributed by atoms with van der Waals surface area (Å²) < 4.78 is 9.88. The first-order valence-electron chi connectivity index (χ1n) is 10.7. The summed E-state index contributed by atoms with van der Waals surface area (Å²) >= 11 is 0. The van der Waals surface area contributed by atoms with Crippen molar-refractivity contribution < 1.29 is 33.8 Å². The molecule has 2 atom stereocenters. The van der Waals surface area contributed by atoms with Gasteiger partial charge in [-0.1, -0.05) is 60.7 Å². The molecule has 0 aliphatic carbocycles. The summed E-state index contributed by atoms with van der Waals surface area (Å²) in [5.41, 5.74) is 0.00569. The topological polar surface area (TPSA) is 119 Å². The van der Waals surface area contributed by atoms with E-state index in [0.29, 0.717) is 11.1 Å². The number of hydrogen-bond acceptors (Lipinski definition) is 6. The van der Waals surface area contributed by atoms with Crippen LogP contribution in [0.25, 0.3) is 0 Å². The number of carboxylic acids is 1. The van der Waals surface area contributed by atoms with Crippen LogP contribution in [0.4, 0.5) is 0 Å². The minimum atomic E-state index is -1.70. The van der Waals surface area contributed by atoms with Gasteiger partial charge in [-0.2, -0.15) is 0 Å². The molecule has 0 heterocycles. The highest BCUT2D eigenvalue weighted by Gasteiger charge is 2.43.